The van der Waals surface area contributed by atoms with Crippen LogP contribution in [0, 0.1) is 0 Å². The van der Waals surface area contributed by atoms with Crippen LogP contribution in [-0.2, 0) is 0 Å². The molecule has 3 rings (SSSR count). The Morgan fingerprint density at radius 2 is 1.88 bits per heavy atom. The lowest BCUT2D eigenvalue weighted by atomic mass is 10.1. The number of anilines is 1. The van der Waals surface area contributed by atoms with E-state index in [0.717, 1.165) is 11.8 Å². The van der Waals surface area contributed by atoms with E-state index in [0.29, 0.717) is 29.1 Å². The maximum Gasteiger partial charge on any atom is 0.291 e. The number of ether oxygens (including phenoxy) is 1. The summed E-state index contributed by atoms with van der Waals surface area (Å²) in [7, 11) is 1.54. The van der Waals surface area contributed by atoms with Gasteiger partial charge >= 0.3 is 0 Å². The van der Waals surface area contributed by atoms with Crippen LogP contribution in [0.5, 0.6) is 5.75 Å². The van der Waals surface area contributed by atoms with Gasteiger partial charge in [-0.15, -0.1) is 0 Å². The average molecular weight is 352 g/mol. The maximum absolute atomic E-state index is 12.6. The van der Waals surface area contributed by atoms with Crippen molar-refractivity contribution in [1.29, 1.82) is 0 Å². The predicted molar refractivity (Wildman–Crippen MR) is 99.8 cm³/mol. The molecule has 6 heteroatoms. The first-order valence-electron chi connectivity index (χ1n) is 8.39. The zero-order valence-electron chi connectivity index (χ0n) is 14.7. The Morgan fingerprint density at radius 1 is 1.08 bits per heavy atom. The molecule has 2 aromatic carbocycles. The summed E-state index contributed by atoms with van der Waals surface area (Å²) in [6.45, 7) is 2.55. The molecule has 0 unspecified atom stereocenters. The summed E-state index contributed by atoms with van der Waals surface area (Å²) in [5.41, 5.74) is 1.34. The maximum atomic E-state index is 12.6. The van der Waals surface area contributed by atoms with Gasteiger partial charge in [-0.3, -0.25) is 9.59 Å². The second kappa shape index (κ2) is 7.74. The Balaban J connectivity index is 1.86. The molecule has 0 bridgehead atoms. The van der Waals surface area contributed by atoms with E-state index in [1.54, 1.807) is 43.5 Å². The molecule has 2 amide bonds. The van der Waals surface area contributed by atoms with Crippen LogP contribution in [0.25, 0.3) is 11.0 Å². The van der Waals surface area contributed by atoms with E-state index >= 15 is 0 Å². The van der Waals surface area contributed by atoms with Crippen LogP contribution in [-0.4, -0.2) is 25.5 Å². The van der Waals surface area contributed by atoms with Crippen molar-refractivity contribution in [2.75, 3.05) is 19.0 Å². The Bertz CT molecular complexity index is 946. The van der Waals surface area contributed by atoms with Crippen LogP contribution >= 0.6 is 0 Å². The van der Waals surface area contributed by atoms with Crippen LogP contribution in [0.3, 0.4) is 0 Å². The minimum Gasteiger partial charge on any atom is -0.493 e. The number of benzene rings is 2. The number of rotatable bonds is 6. The topological polar surface area (TPSA) is 80.6 Å². The second-order valence-corrected chi connectivity index (χ2v) is 5.74. The molecular weight excluding hydrogens is 332 g/mol. The summed E-state index contributed by atoms with van der Waals surface area (Å²) in [6, 6.07) is 13.9. The second-order valence-electron chi connectivity index (χ2n) is 5.74. The number of furan rings is 1. The van der Waals surface area contributed by atoms with Gasteiger partial charge in [0.25, 0.3) is 11.8 Å². The van der Waals surface area contributed by atoms with Gasteiger partial charge < -0.3 is 19.8 Å². The first-order chi connectivity index (χ1) is 12.6. The van der Waals surface area contributed by atoms with Gasteiger partial charge in [-0.05, 0) is 30.7 Å². The highest BCUT2D eigenvalue weighted by Gasteiger charge is 2.17. The molecule has 0 atom stereocenters. The van der Waals surface area contributed by atoms with Gasteiger partial charge in [0.1, 0.15) is 0 Å². The standard InChI is InChI=1S/C20H20N2O4/c1-3-11-21-19(23)14-8-4-5-9-15(14)22-20(24)17-12-13-7-6-10-16(25-2)18(13)26-17/h4-10,12H,3,11H2,1-2H3,(H,21,23)(H,22,24). The zero-order chi connectivity index (χ0) is 18.5. The van der Waals surface area contributed by atoms with Gasteiger partial charge in [0.05, 0.1) is 18.4 Å². The van der Waals surface area contributed by atoms with E-state index in [1.165, 1.54) is 0 Å². The minimum absolute atomic E-state index is 0.147. The first-order valence-corrected chi connectivity index (χ1v) is 8.39. The fourth-order valence-corrected chi connectivity index (χ4v) is 2.62. The summed E-state index contributed by atoms with van der Waals surface area (Å²) in [5, 5.41) is 6.32. The highest BCUT2D eigenvalue weighted by Crippen LogP contribution is 2.29. The van der Waals surface area contributed by atoms with Crippen molar-refractivity contribution in [2.24, 2.45) is 0 Å². The van der Waals surface area contributed by atoms with Crippen molar-refractivity contribution < 1.29 is 18.7 Å². The molecule has 0 spiro atoms. The summed E-state index contributed by atoms with van der Waals surface area (Å²) in [5.74, 6) is 0.0437. The van der Waals surface area contributed by atoms with Crippen LogP contribution in [0.4, 0.5) is 5.69 Å². The molecule has 1 aromatic heterocycles. The molecule has 0 aliphatic rings. The summed E-state index contributed by atoms with van der Waals surface area (Å²) in [6.07, 6.45) is 0.834. The number of hydrogen-bond acceptors (Lipinski definition) is 4. The van der Waals surface area contributed by atoms with Gasteiger partial charge in [-0.2, -0.15) is 0 Å². The van der Waals surface area contributed by atoms with Gasteiger partial charge in [-0.25, -0.2) is 0 Å². The smallest absolute Gasteiger partial charge is 0.291 e. The highest BCUT2D eigenvalue weighted by molar-refractivity contribution is 6.09. The molecule has 6 nitrogen and oxygen atoms in total. The van der Waals surface area contributed by atoms with Crippen molar-refractivity contribution in [3.63, 3.8) is 0 Å². The summed E-state index contributed by atoms with van der Waals surface area (Å²) >= 11 is 0. The number of nitrogens with one attached hydrogen (secondary N) is 2. The quantitative estimate of drug-likeness (QED) is 0.706. The van der Waals surface area contributed by atoms with Gasteiger partial charge in [0, 0.05) is 11.9 Å². The Morgan fingerprint density at radius 3 is 2.65 bits per heavy atom. The molecule has 0 aliphatic carbocycles. The summed E-state index contributed by atoms with van der Waals surface area (Å²) < 4.78 is 10.9. The van der Waals surface area contributed by atoms with Crippen molar-refractivity contribution in [3.05, 3.63) is 59.9 Å². The van der Waals surface area contributed by atoms with E-state index < -0.39 is 5.91 Å². The first kappa shape index (κ1) is 17.5. The Labute approximate surface area is 151 Å². The van der Waals surface area contributed by atoms with E-state index in [9.17, 15) is 9.59 Å². The van der Waals surface area contributed by atoms with Gasteiger partial charge in [0.2, 0.25) is 0 Å². The molecule has 134 valence electrons. The Hall–Kier alpha value is -3.28. The van der Waals surface area contributed by atoms with Crippen molar-refractivity contribution >= 4 is 28.5 Å². The fourth-order valence-electron chi connectivity index (χ4n) is 2.62. The Kier molecular flexibility index (Phi) is 5.22. The molecule has 0 radical (unpaired) electrons. The number of para-hydroxylation sites is 2. The molecule has 1 heterocycles. The number of carbonyl (C=O) groups excluding carboxylic acids is 2. The molecule has 26 heavy (non-hydrogen) atoms. The van der Waals surface area contributed by atoms with Crippen molar-refractivity contribution in [2.45, 2.75) is 13.3 Å². The minimum atomic E-state index is -0.431. The fraction of sp³-hybridized carbons (Fsp3) is 0.200. The van der Waals surface area contributed by atoms with E-state index in [2.05, 4.69) is 10.6 Å². The third-order valence-corrected chi connectivity index (χ3v) is 3.91. The van der Waals surface area contributed by atoms with E-state index in [4.69, 9.17) is 9.15 Å². The van der Waals surface area contributed by atoms with Crippen molar-refractivity contribution in [3.8, 4) is 5.75 Å². The lowest BCUT2D eigenvalue weighted by Gasteiger charge is -2.10. The molecular formula is C20H20N2O4. The molecule has 3 aromatic rings. The van der Waals surface area contributed by atoms with Crippen molar-refractivity contribution in [1.82, 2.24) is 5.32 Å². The monoisotopic (exact) mass is 352 g/mol. The predicted octanol–water partition coefficient (Wildman–Crippen LogP) is 3.83. The average Bonchev–Trinajstić information content (AvgIpc) is 3.11. The van der Waals surface area contributed by atoms with Gasteiger partial charge in [-0.1, -0.05) is 31.2 Å². The number of methoxy groups -OCH3 is 1. The third kappa shape index (κ3) is 3.54. The third-order valence-electron chi connectivity index (χ3n) is 3.91. The number of fused-ring (bicyclic) bond motifs is 1. The molecule has 0 aliphatic heterocycles. The summed E-state index contributed by atoms with van der Waals surface area (Å²) in [4.78, 5) is 24.9. The molecule has 0 saturated carbocycles. The molecule has 2 N–H and O–H groups in total. The SMILES string of the molecule is CCCNC(=O)c1ccccc1NC(=O)c1cc2cccc(OC)c2o1. The normalized spacial score (nSPS) is 10.5. The van der Waals surface area contributed by atoms with Crippen LogP contribution in [0.2, 0.25) is 0 Å². The van der Waals surface area contributed by atoms with E-state index in [1.807, 2.05) is 19.1 Å². The van der Waals surface area contributed by atoms with Crippen LogP contribution in [0.15, 0.2) is 52.9 Å². The number of hydrogen-bond donors (Lipinski definition) is 2. The lowest BCUT2D eigenvalue weighted by molar-refractivity contribution is 0.0954. The zero-order valence-corrected chi connectivity index (χ0v) is 14.7. The number of carbonyl (C=O) groups is 2. The van der Waals surface area contributed by atoms with Crippen LogP contribution < -0.4 is 15.4 Å². The molecule has 0 saturated heterocycles. The number of amides is 2. The lowest BCUT2D eigenvalue weighted by Crippen LogP contribution is -2.25. The van der Waals surface area contributed by atoms with E-state index in [-0.39, 0.29) is 11.7 Å². The van der Waals surface area contributed by atoms with Gasteiger partial charge in [0.15, 0.2) is 17.1 Å². The largest absolute Gasteiger partial charge is 0.493 e. The van der Waals surface area contributed by atoms with Crippen LogP contribution in [0.1, 0.15) is 34.3 Å². The highest BCUT2D eigenvalue weighted by atomic mass is 16.5. The molecule has 0 fully saturated rings.